The van der Waals surface area contributed by atoms with E-state index in [1.54, 1.807) is 20.8 Å². The largest absolute Gasteiger partial charge is 0.456 e. The molecule has 0 spiro atoms. The fourth-order valence-electron chi connectivity index (χ4n) is 1.96. The number of nitro groups is 1. The van der Waals surface area contributed by atoms with Crippen molar-refractivity contribution in [3.63, 3.8) is 0 Å². The molecule has 8 heteroatoms. The lowest BCUT2D eigenvalue weighted by atomic mass is 10.1. The number of amides is 1. The van der Waals surface area contributed by atoms with Crippen molar-refractivity contribution in [2.24, 2.45) is 0 Å². The standard InChI is InChI=1S/C18H18N2O6/c1-18(2,3)26-16(21)12-8-10-13(11-9-12)19-17(22)25-15-7-5-4-6-14(15)20(23)24/h4-11H,1-3H3,(H,19,22). The summed E-state index contributed by atoms with van der Waals surface area (Å²) in [5.74, 6) is -0.646. The molecular weight excluding hydrogens is 340 g/mol. The van der Waals surface area contributed by atoms with Crippen molar-refractivity contribution < 1.29 is 24.0 Å². The highest BCUT2D eigenvalue weighted by Crippen LogP contribution is 2.26. The van der Waals surface area contributed by atoms with Gasteiger partial charge in [0.25, 0.3) is 0 Å². The number of carbonyl (C=O) groups excluding carboxylic acids is 2. The van der Waals surface area contributed by atoms with E-state index in [0.29, 0.717) is 11.3 Å². The third-order valence-corrected chi connectivity index (χ3v) is 3.03. The molecule has 136 valence electrons. The highest BCUT2D eigenvalue weighted by molar-refractivity contribution is 5.91. The van der Waals surface area contributed by atoms with E-state index < -0.39 is 22.6 Å². The number of nitrogens with one attached hydrogen (secondary N) is 1. The molecule has 2 aromatic carbocycles. The summed E-state index contributed by atoms with van der Waals surface area (Å²) in [6.45, 7) is 5.29. The van der Waals surface area contributed by atoms with Crippen molar-refractivity contribution in [2.45, 2.75) is 26.4 Å². The Balaban J connectivity index is 2.02. The van der Waals surface area contributed by atoms with Crippen LogP contribution in [0.2, 0.25) is 0 Å². The van der Waals surface area contributed by atoms with Crippen molar-refractivity contribution in [1.29, 1.82) is 0 Å². The molecule has 0 saturated carbocycles. The summed E-state index contributed by atoms with van der Waals surface area (Å²) in [4.78, 5) is 34.1. The second kappa shape index (κ2) is 7.64. The fraction of sp³-hybridized carbons (Fsp3) is 0.222. The maximum Gasteiger partial charge on any atom is 0.417 e. The van der Waals surface area contributed by atoms with Crippen molar-refractivity contribution in [3.05, 3.63) is 64.2 Å². The average molecular weight is 358 g/mol. The lowest BCUT2D eigenvalue weighted by Crippen LogP contribution is -2.23. The molecule has 0 radical (unpaired) electrons. The van der Waals surface area contributed by atoms with Crippen molar-refractivity contribution in [1.82, 2.24) is 0 Å². The number of esters is 1. The van der Waals surface area contributed by atoms with Crippen LogP contribution in [0.5, 0.6) is 5.75 Å². The first-order valence-corrected chi connectivity index (χ1v) is 7.71. The van der Waals surface area contributed by atoms with Gasteiger partial charge >= 0.3 is 17.7 Å². The van der Waals surface area contributed by atoms with Gasteiger partial charge in [-0.25, -0.2) is 9.59 Å². The Morgan fingerprint density at radius 1 is 1.04 bits per heavy atom. The topological polar surface area (TPSA) is 108 Å². The molecule has 0 aliphatic carbocycles. The van der Waals surface area contributed by atoms with Crippen molar-refractivity contribution in [2.75, 3.05) is 5.32 Å². The molecule has 0 unspecified atom stereocenters. The van der Waals surface area contributed by atoms with Gasteiger partial charge in [0.2, 0.25) is 5.75 Å². The summed E-state index contributed by atoms with van der Waals surface area (Å²) in [7, 11) is 0. The molecular formula is C18H18N2O6. The molecule has 0 heterocycles. The van der Waals surface area contributed by atoms with Crippen LogP contribution in [0.4, 0.5) is 16.2 Å². The predicted octanol–water partition coefficient (Wildman–Crippen LogP) is 4.16. The molecule has 1 N–H and O–H groups in total. The number of benzene rings is 2. The number of hydrogen-bond donors (Lipinski definition) is 1. The third-order valence-electron chi connectivity index (χ3n) is 3.03. The number of nitrogens with zero attached hydrogens (tertiary/aromatic N) is 1. The lowest BCUT2D eigenvalue weighted by molar-refractivity contribution is -0.385. The maximum atomic E-state index is 11.9. The Morgan fingerprint density at radius 3 is 2.23 bits per heavy atom. The van der Waals surface area contributed by atoms with Gasteiger partial charge in [0.1, 0.15) is 5.60 Å². The number of carbonyl (C=O) groups is 2. The van der Waals surface area contributed by atoms with E-state index in [0.717, 1.165) is 0 Å². The zero-order valence-corrected chi connectivity index (χ0v) is 14.5. The Kier molecular flexibility index (Phi) is 5.56. The summed E-state index contributed by atoms with van der Waals surface area (Å²) in [5, 5.41) is 13.3. The number of ether oxygens (including phenoxy) is 2. The quantitative estimate of drug-likeness (QED) is 0.499. The van der Waals surface area contributed by atoms with Gasteiger partial charge in [0.15, 0.2) is 0 Å². The van der Waals surface area contributed by atoms with Crippen LogP contribution < -0.4 is 10.1 Å². The molecule has 0 atom stereocenters. The van der Waals surface area contributed by atoms with Crippen LogP contribution in [0, 0.1) is 10.1 Å². The van der Waals surface area contributed by atoms with Gasteiger partial charge in [-0.1, -0.05) is 12.1 Å². The molecule has 0 fully saturated rings. The first-order chi connectivity index (χ1) is 12.2. The summed E-state index contributed by atoms with van der Waals surface area (Å²) < 4.78 is 10.2. The smallest absolute Gasteiger partial charge is 0.417 e. The number of rotatable bonds is 4. The molecule has 0 aliphatic rings. The molecule has 26 heavy (non-hydrogen) atoms. The monoisotopic (exact) mass is 358 g/mol. The van der Waals surface area contributed by atoms with Crippen LogP contribution in [0.15, 0.2) is 48.5 Å². The van der Waals surface area contributed by atoms with E-state index in [1.165, 1.54) is 48.5 Å². The van der Waals surface area contributed by atoms with Crippen LogP contribution >= 0.6 is 0 Å². The van der Waals surface area contributed by atoms with Crippen LogP contribution in [0.3, 0.4) is 0 Å². The van der Waals surface area contributed by atoms with Crippen LogP contribution in [-0.2, 0) is 4.74 Å². The molecule has 1 amide bonds. The first-order valence-electron chi connectivity index (χ1n) is 7.71. The Morgan fingerprint density at radius 2 is 1.65 bits per heavy atom. The van der Waals surface area contributed by atoms with Gasteiger partial charge in [-0.2, -0.15) is 0 Å². The molecule has 2 rings (SSSR count). The van der Waals surface area contributed by atoms with Gasteiger partial charge in [-0.3, -0.25) is 15.4 Å². The minimum absolute atomic E-state index is 0.166. The van der Waals surface area contributed by atoms with E-state index in [2.05, 4.69) is 5.32 Å². The minimum atomic E-state index is -0.885. The molecule has 0 bridgehead atoms. The van der Waals surface area contributed by atoms with E-state index in [9.17, 15) is 19.7 Å². The summed E-state index contributed by atoms with van der Waals surface area (Å²) >= 11 is 0. The number of anilines is 1. The van der Waals surface area contributed by atoms with E-state index in [-0.39, 0.29) is 11.4 Å². The molecule has 0 aromatic heterocycles. The number of hydrogen-bond acceptors (Lipinski definition) is 6. The maximum absolute atomic E-state index is 11.9. The molecule has 2 aromatic rings. The summed E-state index contributed by atoms with van der Waals surface area (Å²) in [6, 6.07) is 11.5. The fourth-order valence-corrected chi connectivity index (χ4v) is 1.96. The number of nitro benzene ring substituents is 1. The van der Waals surface area contributed by atoms with Gasteiger partial charge in [0, 0.05) is 11.8 Å². The van der Waals surface area contributed by atoms with Crippen LogP contribution in [0.25, 0.3) is 0 Å². The molecule has 0 aliphatic heterocycles. The van der Waals surface area contributed by atoms with Gasteiger partial charge in [0.05, 0.1) is 10.5 Å². The highest BCUT2D eigenvalue weighted by atomic mass is 16.6. The summed E-state index contributed by atoms with van der Waals surface area (Å²) in [6.07, 6.45) is -0.885. The van der Waals surface area contributed by atoms with E-state index in [1.807, 2.05) is 0 Å². The zero-order chi connectivity index (χ0) is 19.3. The Bertz CT molecular complexity index is 824. The SMILES string of the molecule is CC(C)(C)OC(=O)c1ccc(NC(=O)Oc2ccccc2[N+](=O)[O-])cc1. The highest BCUT2D eigenvalue weighted by Gasteiger charge is 2.19. The van der Waals surface area contributed by atoms with Crippen molar-refractivity contribution >= 4 is 23.4 Å². The predicted molar refractivity (Wildman–Crippen MR) is 94.4 cm³/mol. The summed E-state index contributed by atoms with van der Waals surface area (Å²) in [5.41, 5.74) is -0.233. The first kappa shape index (κ1) is 18.9. The molecule has 0 saturated heterocycles. The minimum Gasteiger partial charge on any atom is -0.456 e. The number of para-hydroxylation sites is 2. The van der Waals surface area contributed by atoms with Crippen molar-refractivity contribution in [3.8, 4) is 5.75 Å². The zero-order valence-electron chi connectivity index (χ0n) is 14.5. The van der Waals surface area contributed by atoms with Gasteiger partial charge in [-0.15, -0.1) is 0 Å². The lowest BCUT2D eigenvalue weighted by Gasteiger charge is -2.19. The Hall–Kier alpha value is -3.42. The Labute approximate surface area is 149 Å². The van der Waals surface area contributed by atoms with Gasteiger partial charge in [-0.05, 0) is 51.1 Å². The van der Waals surface area contributed by atoms with Gasteiger partial charge < -0.3 is 9.47 Å². The average Bonchev–Trinajstić information content (AvgIpc) is 2.54. The third kappa shape index (κ3) is 5.30. The molecule has 8 nitrogen and oxygen atoms in total. The van der Waals surface area contributed by atoms with Crippen LogP contribution in [-0.4, -0.2) is 22.6 Å². The normalized spacial score (nSPS) is 10.7. The van der Waals surface area contributed by atoms with Crippen LogP contribution in [0.1, 0.15) is 31.1 Å². The second-order valence-corrected chi connectivity index (χ2v) is 6.32. The second-order valence-electron chi connectivity index (χ2n) is 6.32. The van der Waals surface area contributed by atoms with E-state index in [4.69, 9.17) is 9.47 Å². The van der Waals surface area contributed by atoms with E-state index >= 15 is 0 Å².